The number of benzene rings is 2. The number of hydrogen-bond acceptors (Lipinski definition) is 7. The zero-order chi connectivity index (χ0) is 22.3. The second kappa shape index (κ2) is 8.50. The summed E-state index contributed by atoms with van der Waals surface area (Å²) in [6.45, 7) is 4.09. The summed E-state index contributed by atoms with van der Waals surface area (Å²) in [5.41, 5.74) is 2.75. The lowest BCUT2D eigenvalue weighted by atomic mass is 10.2. The Morgan fingerprint density at radius 1 is 1.03 bits per heavy atom. The van der Waals surface area contributed by atoms with Crippen LogP contribution in [0.5, 0.6) is 0 Å². The van der Waals surface area contributed by atoms with Crippen LogP contribution in [0, 0.1) is 0 Å². The van der Waals surface area contributed by atoms with Crippen LogP contribution in [0.15, 0.2) is 47.4 Å². The summed E-state index contributed by atoms with van der Waals surface area (Å²) in [5, 5.41) is 4.05. The number of anilines is 2. The number of halogens is 1. The number of para-hydroxylation sites is 2. The fourth-order valence-corrected chi connectivity index (χ4v) is 4.93. The molecule has 0 radical (unpaired) electrons. The Morgan fingerprint density at radius 3 is 2.34 bits per heavy atom. The first-order valence-electron chi connectivity index (χ1n) is 10.9. The fraction of sp³-hybridized carbons (Fsp3) is 0.391. The molecule has 2 aliphatic rings. The van der Waals surface area contributed by atoms with Crippen molar-refractivity contribution < 1.29 is 8.42 Å². The summed E-state index contributed by atoms with van der Waals surface area (Å²) in [6.07, 6.45) is 3.56. The first-order chi connectivity index (χ1) is 15.4. The highest BCUT2D eigenvalue weighted by Crippen LogP contribution is 2.31. The molecule has 168 valence electrons. The van der Waals surface area contributed by atoms with Crippen LogP contribution in [0.1, 0.15) is 18.4 Å². The van der Waals surface area contributed by atoms with E-state index in [-0.39, 0.29) is 4.90 Å². The maximum atomic E-state index is 11.7. The molecule has 0 spiro atoms. The molecular weight excluding hydrogens is 446 g/mol. The van der Waals surface area contributed by atoms with Crippen molar-refractivity contribution in [1.29, 1.82) is 0 Å². The summed E-state index contributed by atoms with van der Waals surface area (Å²) >= 11 is 6.38. The second-order valence-electron chi connectivity index (χ2n) is 8.59. The van der Waals surface area contributed by atoms with Gasteiger partial charge in [-0.2, -0.15) is 0 Å². The van der Waals surface area contributed by atoms with Gasteiger partial charge in [-0.15, -0.1) is 0 Å². The molecule has 2 aromatic carbocycles. The first-order valence-corrected chi connectivity index (χ1v) is 13.1. The smallest absolute Gasteiger partial charge is 0.175 e. The lowest BCUT2D eigenvalue weighted by Crippen LogP contribution is -2.46. The maximum absolute atomic E-state index is 11.7. The van der Waals surface area contributed by atoms with Crippen LogP contribution in [0.25, 0.3) is 11.0 Å². The average molecular weight is 472 g/mol. The number of hydrogen-bond donors (Lipinski definition) is 1. The Morgan fingerprint density at radius 2 is 1.72 bits per heavy atom. The molecule has 7 nitrogen and oxygen atoms in total. The van der Waals surface area contributed by atoms with Gasteiger partial charge in [0.25, 0.3) is 0 Å². The summed E-state index contributed by atoms with van der Waals surface area (Å²) in [4.78, 5) is 14.7. The van der Waals surface area contributed by atoms with Gasteiger partial charge in [-0.05, 0) is 42.7 Å². The van der Waals surface area contributed by atoms with E-state index in [9.17, 15) is 8.42 Å². The minimum atomic E-state index is -3.26. The van der Waals surface area contributed by atoms with Gasteiger partial charge < -0.3 is 10.2 Å². The van der Waals surface area contributed by atoms with E-state index in [0.29, 0.717) is 17.6 Å². The predicted molar refractivity (Wildman–Crippen MR) is 128 cm³/mol. The van der Waals surface area contributed by atoms with Gasteiger partial charge in [0.15, 0.2) is 21.5 Å². The number of sulfone groups is 1. The van der Waals surface area contributed by atoms with Gasteiger partial charge in [-0.25, -0.2) is 18.4 Å². The fourth-order valence-electron chi connectivity index (χ4n) is 3.97. The quantitative estimate of drug-likeness (QED) is 0.588. The number of rotatable bonds is 6. The van der Waals surface area contributed by atoms with Gasteiger partial charge in [-0.1, -0.05) is 29.8 Å². The van der Waals surface area contributed by atoms with E-state index in [4.69, 9.17) is 21.6 Å². The molecule has 2 heterocycles. The highest BCUT2D eigenvalue weighted by atomic mass is 35.5. The van der Waals surface area contributed by atoms with E-state index >= 15 is 0 Å². The molecule has 2 fully saturated rings. The molecule has 1 saturated heterocycles. The summed E-state index contributed by atoms with van der Waals surface area (Å²) in [6, 6.07) is 13.5. The Hall–Kier alpha value is -2.42. The second-order valence-corrected chi connectivity index (χ2v) is 11.0. The topological polar surface area (TPSA) is 78.4 Å². The third-order valence-electron chi connectivity index (χ3n) is 5.99. The van der Waals surface area contributed by atoms with E-state index in [1.165, 1.54) is 19.1 Å². The van der Waals surface area contributed by atoms with Crippen LogP contribution in [-0.2, 0) is 16.4 Å². The number of fused-ring (bicyclic) bond motifs is 1. The van der Waals surface area contributed by atoms with Gasteiger partial charge in [0.2, 0.25) is 0 Å². The molecule has 1 aliphatic heterocycles. The van der Waals surface area contributed by atoms with E-state index in [1.807, 2.05) is 30.3 Å². The molecule has 0 amide bonds. The van der Waals surface area contributed by atoms with Crippen LogP contribution >= 0.6 is 11.6 Å². The van der Waals surface area contributed by atoms with Gasteiger partial charge in [0.05, 0.1) is 15.9 Å². The number of nitrogens with one attached hydrogen (secondary N) is 1. The molecule has 1 saturated carbocycles. The molecule has 3 aromatic rings. The monoisotopic (exact) mass is 471 g/mol. The van der Waals surface area contributed by atoms with Crippen molar-refractivity contribution in [2.24, 2.45) is 0 Å². The molecular formula is C23H26ClN5O2S. The van der Waals surface area contributed by atoms with E-state index < -0.39 is 9.84 Å². The number of piperazine rings is 1. The molecule has 5 rings (SSSR count). The molecule has 1 aliphatic carbocycles. The van der Waals surface area contributed by atoms with Crippen molar-refractivity contribution in [3.8, 4) is 0 Å². The van der Waals surface area contributed by atoms with Crippen LogP contribution < -0.4 is 10.2 Å². The largest absolute Gasteiger partial charge is 0.364 e. The molecule has 9 heteroatoms. The maximum Gasteiger partial charge on any atom is 0.175 e. The SMILES string of the molecule is CS(=O)(=O)c1ccc(CN2CCN(c3nc4ccccc4nc3NC3CC3)CC2)c(Cl)c1. The van der Waals surface area contributed by atoms with Crippen molar-refractivity contribution in [3.63, 3.8) is 0 Å². The Labute approximate surface area is 193 Å². The zero-order valence-corrected chi connectivity index (χ0v) is 19.5. The number of nitrogens with zero attached hydrogens (tertiary/aromatic N) is 4. The van der Waals surface area contributed by atoms with Crippen LogP contribution in [-0.4, -0.2) is 61.8 Å². The van der Waals surface area contributed by atoms with Crippen molar-refractivity contribution >= 4 is 44.1 Å². The molecule has 1 N–H and O–H groups in total. The first kappa shape index (κ1) is 21.4. The van der Waals surface area contributed by atoms with Crippen molar-refractivity contribution in [2.75, 3.05) is 42.7 Å². The van der Waals surface area contributed by atoms with Crippen molar-refractivity contribution in [3.05, 3.63) is 53.1 Å². The highest BCUT2D eigenvalue weighted by molar-refractivity contribution is 7.90. The van der Waals surface area contributed by atoms with Crippen LogP contribution in [0.2, 0.25) is 5.02 Å². The minimum absolute atomic E-state index is 0.252. The molecule has 1 aromatic heterocycles. The highest BCUT2D eigenvalue weighted by Gasteiger charge is 2.27. The molecule has 0 bridgehead atoms. The Bertz CT molecular complexity index is 1250. The van der Waals surface area contributed by atoms with E-state index in [2.05, 4.69) is 15.1 Å². The van der Waals surface area contributed by atoms with Gasteiger partial charge in [0.1, 0.15) is 0 Å². The van der Waals surface area contributed by atoms with Crippen LogP contribution in [0.3, 0.4) is 0 Å². The Kier molecular flexibility index (Phi) is 5.69. The van der Waals surface area contributed by atoms with E-state index in [0.717, 1.165) is 54.4 Å². The predicted octanol–water partition coefficient (Wildman–Crippen LogP) is 3.58. The summed E-state index contributed by atoms with van der Waals surface area (Å²) < 4.78 is 23.5. The molecule has 0 atom stereocenters. The number of aromatic nitrogens is 2. The van der Waals surface area contributed by atoms with Gasteiger partial charge >= 0.3 is 0 Å². The molecule has 0 unspecified atom stereocenters. The Balaban J connectivity index is 1.30. The van der Waals surface area contributed by atoms with Gasteiger partial charge in [0, 0.05) is 50.0 Å². The van der Waals surface area contributed by atoms with Crippen molar-refractivity contribution in [1.82, 2.24) is 14.9 Å². The van der Waals surface area contributed by atoms with Gasteiger partial charge in [-0.3, -0.25) is 4.90 Å². The van der Waals surface area contributed by atoms with Crippen LogP contribution in [0.4, 0.5) is 11.6 Å². The normalized spacial score (nSPS) is 17.6. The minimum Gasteiger partial charge on any atom is -0.364 e. The third-order valence-corrected chi connectivity index (χ3v) is 7.45. The standard InChI is InChI=1S/C23H26ClN5O2S/c1-32(30,31)18-9-6-16(19(24)14-18)15-28-10-12-29(13-11-28)23-22(25-17-7-8-17)26-20-4-2-3-5-21(20)27-23/h2-6,9,14,17H,7-8,10-13,15H2,1H3,(H,25,26). The molecule has 32 heavy (non-hydrogen) atoms. The summed E-state index contributed by atoms with van der Waals surface area (Å²) in [5.74, 6) is 1.80. The lowest BCUT2D eigenvalue weighted by molar-refractivity contribution is 0.249. The lowest BCUT2D eigenvalue weighted by Gasteiger charge is -2.36. The van der Waals surface area contributed by atoms with E-state index in [1.54, 1.807) is 12.1 Å². The van der Waals surface area contributed by atoms with Crippen molar-refractivity contribution in [2.45, 2.75) is 30.3 Å². The average Bonchev–Trinajstić information content (AvgIpc) is 3.59. The zero-order valence-electron chi connectivity index (χ0n) is 18.0. The third kappa shape index (κ3) is 4.67. The summed E-state index contributed by atoms with van der Waals surface area (Å²) in [7, 11) is -3.26.